The van der Waals surface area contributed by atoms with Crippen molar-refractivity contribution in [2.45, 2.75) is 25.8 Å². The molecule has 0 spiro atoms. The van der Waals surface area contributed by atoms with Gasteiger partial charge in [0.2, 0.25) is 0 Å². The molecule has 3 N–H and O–H groups in total. The van der Waals surface area contributed by atoms with Crippen molar-refractivity contribution >= 4 is 12.0 Å². The standard InChI is InChI=1S/C13H17NO2/c1-10-6-3-4-7-11(10)8-5-9-13(2,14)12(15)16/h3-8H,9,14H2,1-2H3,(H,15,16)/b8-5+/t13-/m0/s1. The van der Waals surface area contributed by atoms with E-state index in [2.05, 4.69) is 0 Å². The third-order valence-corrected chi connectivity index (χ3v) is 2.52. The van der Waals surface area contributed by atoms with Crippen molar-refractivity contribution in [3.63, 3.8) is 0 Å². The lowest BCUT2D eigenvalue weighted by molar-refractivity contribution is -0.142. The van der Waals surface area contributed by atoms with Gasteiger partial charge in [0.05, 0.1) is 0 Å². The molecule has 0 saturated heterocycles. The van der Waals surface area contributed by atoms with Crippen LogP contribution < -0.4 is 5.73 Å². The minimum absolute atomic E-state index is 0.316. The van der Waals surface area contributed by atoms with Crippen LogP contribution in [0.1, 0.15) is 24.5 Å². The molecule has 86 valence electrons. The summed E-state index contributed by atoms with van der Waals surface area (Å²) in [6, 6.07) is 7.92. The van der Waals surface area contributed by atoms with Crippen LogP contribution in [-0.4, -0.2) is 16.6 Å². The molecule has 0 heterocycles. The number of hydrogen-bond donors (Lipinski definition) is 2. The van der Waals surface area contributed by atoms with Crippen molar-refractivity contribution in [2.75, 3.05) is 0 Å². The molecule has 0 aliphatic carbocycles. The van der Waals surface area contributed by atoms with Crippen molar-refractivity contribution in [1.82, 2.24) is 0 Å². The lowest BCUT2D eigenvalue weighted by atomic mass is 9.98. The molecule has 0 aliphatic rings. The Bertz CT molecular complexity index is 408. The molecular weight excluding hydrogens is 202 g/mol. The fourth-order valence-electron chi connectivity index (χ4n) is 1.29. The Labute approximate surface area is 95.6 Å². The summed E-state index contributed by atoms with van der Waals surface area (Å²) in [5, 5.41) is 8.83. The van der Waals surface area contributed by atoms with Crippen LogP contribution in [0.25, 0.3) is 6.08 Å². The Hall–Kier alpha value is -1.61. The molecule has 1 rings (SSSR count). The number of aliphatic carboxylic acids is 1. The Kier molecular flexibility index (Phi) is 3.85. The molecule has 3 nitrogen and oxygen atoms in total. The van der Waals surface area contributed by atoms with Crippen LogP contribution in [0.15, 0.2) is 30.3 Å². The van der Waals surface area contributed by atoms with Crippen LogP contribution in [0.2, 0.25) is 0 Å². The maximum atomic E-state index is 10.8. The molecule has 0 radical (unpaired) electrons. The number of carbonyl (C=O) groups is 1. The lowest BCUT2D eigenvalue weighted by Gasteiger charge is -2.16. The van der Waals surface area contributed by atoms with Crippen LogP contribution in [0, 0.1) is 6.92 Å². The number of carboxylic acid groups (broad SMARTS) is 1. The predicted octanol–water partition coefficient (Wildman–Crippen LogP) is 2.20. The van der Waals surface area contributed by atoms with Crippen molar-refractivity contribution < 1.29 is 9.90 Å². The monoisotopic (exact) mass is 219 g/mol. The van der Waals surface area contributed by atoms with Gasteiger partial charge in [0.15, 0.2) is 0 Å². The van der Waals surface area contributed by atoms with E-state index in [-0.39, 0.29) is 0 Å². The maximum absolute atomic E-state index is 10.8. The van der Waals surface area contributed by atoms with Crippen LogP contribution in [0.5, 0.6) is 0 Å². The van der Waals surface area contributed by atoms with Gasteiger partial charge in [0.25, 0.3) is 0 Å². The second-order valence-electron chi connectivity index (χ2n) is 4.19. The summed E-state index contributed by atoms with van der Waals surface area (Å²) < 4.78 is 0. The van der Waals surface area contributed by atoms with Gasteiger partial charge < -0.3 is 10.8 Å². The summed E-state index contributed by atoms with van der Waals surface area (Å²) in [7, 11) is 0. The second kappa shape index (κ2) is 4.94. The first kappa shape index (κ1) is 12.5. The van der Waals surface area contributed by atoms with Gasteiger partial charge in [-0.15, -0.1) is 0 Å². The fourth-order valence-corrected chi connectivity index (χ4v) is 1.29. The van der Waals surface area contributed by atoms with Crippen molar-refractivity contribution in [2.24, 2.45) is 5.73 Å². The minimum Gasteiger partial charge on any atom is -0.480 e. The quantitative estimate of drug-likeness (QED) is 0.816. The fraction of sp³-hybridized carbons (Fsp3) is 0.308. The Morgan fingerprint density at radius 3 is 2.69 bits per heavy atom. The molecule has 0 amide bonds. The van der Waals surface area contributed by atoms with Gasteiger partial charge >= 0.3 is 5.97 Å². The van der Waals surface area contributed by atoms with Gasteiger partial charge in [-0.2, -0.15) is 0 Å². The summed E-state index contributed by atoms with van der Waals surface area (Å²) in [6.45, 7) is 3.52. The van der Waals surface area contributed by atoms with Gasteiger partial charge in [-0.3, -0.25) is 4.79 Å². The Morgan fingerprint density at radius 2 is 2.12 bits per heavy atom. The first-order valence-corrected chi connectivity index (χ1v) is 5.18. The summed E-state index contributed by atoms with van der Waals surface area (Å²) in [6.07, 6.45) is 4.02. The number of nitrogens with two attached hydrogens (primary N) is 1. The first-order chi connectivity index (χ1) is 7.43. The molecule has 1 aromatic rings. The molecule has 0 aliphatic heterocycles. The molecule has 0 saturated carbocycles. The zero-order valence-electron chi connectivity index (χ0n) is 9.60. The highest BCUT2D eigenvalue weighted by Gasteiger charge is 2.25. The minimum atomic E-state index is -1.20. The number of hydrogen-bond acceptors (Lipinski definition) is 2. The van der Waals surface area contributed by atoms with Gasteiger partial charge in [0.1, 0.15) is 5.54 Å². The van der Waals surface area contributed by atoms with Crippen LogP contribution in [0.3, 0.4) is 0 Å². The normalized spacial score (nSPS) is 14.9. The first-order valence-electron chi connectivity index (χ1n) is 5.18. The number of benzene rings is 1. The average Bonchev–Trinajstić information content (AvgIpc) is 2.20. The summed E-state index contributed by atoms with van der Waals surface area (Å²) in [4.78, 5) is 10.8. The van der Waals surface area contributed by atoms with Gasteiger partial charge in [-0.05, 0) is 31.4 Å². The number of rotatable bonds is 4. The van der Waals surface area contributed by atoms with E-state index in [0.717, 1.165) is 11.1 Å². The topological polar surface area (TPSA) is 63.3 Å². The van der Waals surface area contributed by atoms with E-state index in [0.29, 0.717) is 6.42 Å². The molecule has 0 fully saturated rings. The molecule has 0 aromatic heterocycles. The van der Waals surface area contributed by atoms with E-state index < -0.39 is 11.5 Å². The zero-order chi connectivity index (χ0) is 12.2. The molecule has 0 unspecified atom stereocenters. The largest absolute Gasteiger partial charge is 0.480 e. The Morgan fingerprint density at radius 1 is 1.50 bits per heavy atom. The maximum Gasteiger partial charge on any atom is 0.323 e. The molecule has 16 heavy (non-hydrogen) atoms. The Balaban J connectivity index is 2.69. The van der Waals surface area contributed by atoms with Gasteiger partial charge in [0, 0.05) is 0 Å². The van der Waals surface area contributed by atoms with E-state index in [9.17, 15) is 4.79 Å². The lowest BCUT2D eigenvalue weighted by Crippen LogP contribution is -2.44. The van der Waals surface area contributed by atoms with Gasteiger partial charge in [-0.1, -0.05) is 36.4 Å². The zero-order valence-corrected chi connectivity index (χ0v) is 9.60. The van der Waals surface area contributed by atoms with E-state index >= 15 is 0 Å². The van der Waals surface area contributed by atoms with Crippen molar-refractivity contribution in [1.29, 1.82) is 0 Å². The third-order valence-electron chi connectivity index (χ3n) is 2.52. The van der Waals surface area contributed by atoms with E-state index in [1.54, 1.807) is 6.08 Å². The van der Waals surface area contributed by atoms with Crippen LogP contribution >= 0.6 is 0 Å². The smallest absolute Gasteiger partial charge is 0.323 e. The molecule has 0 bridgehead atoms. The highest BCUT2D eigenvalue weighted by molar-refractivity contribution is 5.78. The number of carboxylic acids is 1. The summed E-state index contributed by atoms with van der Waals surface area (Å²) in [5.41, 5.74) is 6.66. The van der Waals surface area contributed by atoms with Crippen LogP contribution in [0.4, 0.5) is 0 Å². The van der Waals surface area contributed by atoms with Crippen LogP contribution in [-0.2, 0) is 4.79 Å². The highest BCUT2D eigenvalue weighted by Crippen LogP contribution is 2.12. The molecular formula is C13H17NO2. The number of aryl methyl sites for hydroxylation is 1. The van der Waals surface area contributed by atoms with Crippen molar-refractivity contribution in [3.05, 3.63) is 41.5 Å². The molecule has 1 aromatic carbocycles. The summed E-state index contributed by atoms with van der Waals surface area (Å²) in [5.74, 6) is -0.984. The van der Waals surface area contributed by atoms with Crippen molar-refractivity contribution in [3.8, 4) is 0 Å². The SMILES string of the molecule is Cc1ccccc1/C=C/C[C@](C)(N)C(=O)O. The predicted molar refractivity (Wildman–Crippen MR) is 65.1 cm³/mol. The van der Waals surface area contributed by atoms with Gasteiger partial charge in [-0.25, -0.2) is 0 Å². The van der Waals surface area contributed by atoms with E-state index in [1.807, 2.05) is 37.3 Å². The third kappa shape index (κ3) is 3.21. The molecule has 1 atom stereocenters. The van der Waals surface area contributed by atoms with E-state index in [4.69, 9.17) is 10.8 Å². The molecule has 3 heteroatoms. The van der Waals surface area contributed by atoms with E-state index in [1.165, 1.54) is 6.92 Å². The highest BCUT2D eigenvalue weighted by atomic mass is 16.4. The summed E-state index contributed by atoms with van der Waals surface area (Å²) >= 11 is 0. The second-order valence-corrected chi connectivity index (χ2v) is 4.19. The average molecular weight is 219 g/mol.